The highest BCUT2D eigenvalue weighted by atomic mass is 16.2. The third kappa shape index (κ3) is 2.90. The maximum absolute atomic E-state index is 12.9. The predicted molar refractivity (Wildman–Crippen MR) is 110 cm³/mol. The Kier molecular flexibility index (Phi) is 4.24. The number of hydrogen-bond acceptors (Lipinski definition) is 4. The second-order valence-corrected chi connectivity index (χ2v) is 7.69. The van der Waals surface area contributed by atoms with Crippen molar-refractivity contribution in [3.63, 3.8) is 0 Å². The monoisotopic (exact) mass is 400 g/mol. The zero-order valence-electron chi connectivity index (χ0n) is 16.5. The summed E-state index contributed by atoms with van der Waals surface area (Å²) in [5.41, 5.74) is 5.30. The number of rotatable bonds is 3. The third-order valence-corrected chi connectivity index (χ3v) is 5.78. The molecule has 3 amide bonds. The number of benzene rings is 2. The molecule has 1 fully saturated rings. The van der Waals surface area contributed by atoms with Gasteiger partial charge in [-0.15, -0.1) is 0 Å². The minimum atomic E-state index is -0.610. The number of piperidine rings is 1. The van der Waals surface area contributed by atoms with Crippen molar-refractivity contribution in [2.75, 3.05) is 0 Å². The van der Waals surface area contributed by atoms with E-state index in [0.29, 0.717) is 18.5 Å². The fraction of sp³-hybridized carbons (Fsp3) is 0.217. The Labute approximate surface area is 173 Å². The number of nitrogens with one attached hydrogen (secondary N) is 1. The molecule has 2 aliphatic rings. The highest BCUT2D eigenvalue weighted by Crippen LogP contribution is 2.34. The van der Waals surface area contributed by atoms with E-state index in [9.17, 15) is 14.4 Å². The van der Waals surface area contributed by atoms with E-state index < -0.39 is 11.9 Å². The van der Waals surface area contributed by atoms with E-state index in [4.69, 9.17) is 0 Å². The number of carbonyl (C=O) groups is 3. The summed E-state index contributed by atoms with van der Waals surface area (Å²) in [6.45, 7) is 0.349. The van der Waals surface area contributed by atoms with E-state index in [1.165, 1.54) is 0 Å². The molecule has 0 spiro atoms. The van der Waals surface area contributed by atoms with Crippen molar-refractivity contribution in [3.05, 3.63) is 66.0 Å². The standard InChI is InChI=1S/C23H20N4O3/c1-26-13-24-20(21(26)14-5-3-2-4-6-14)15-7-8-17-16(11-15)12-27(23(17)30)18-9-10-19(28)25-22(18)29/h2-8,11,13,18H,9-10,12H2,1H3,(H,25,28,29)/t18-/m1/s1. The highest BCUT2D eigenvalue weighted by molar-refractivity contribution is 6.05. The molecular formula is C23H20N4O3. The van der Waals surface area contributed by atoms with E-state index in [1.54, 1.807) is 11.2 Å². The number of hydrogen-bond donors (Lipinski definition) is 1. The van der Waals surface area contributed by atoms with Gasteiger partial charge in [0.2, 0.25) is 11.8 Å². The Bertz CT molecular complexity index is 1180. The normalized spacial score (nSPS) is 18.5. The lowest BCUT2D eigenvalue weighted by Gasteiger charge is -2.29. The molecule has 0 unspecified atom stereocenters. The molecule has 5 rings (SSSR count). The Morgan fingerprint density at radius 1 is 1.03 bits per heavy atom. The summed E-state index contributed by atoms with van der Waals surface area (Å²) in [4.78, 5) is 42.8. The van der Waals surface area contributed by atoms with Gasteiger partial charge in [0.25, 0.3) is 5.91 Å². The molecule has 7 heteroatoms. The molecular weight excluding hydrogens is 380 g/mol. The lowest BCUT2D eigenvalue weighted by Crippen LogP contribution is -2.52. The number of aryl methyl sites for hydroxylation is 1. The third-order valence-electron chi connectivity index (χ3n) is 5.78. The average molecular weight is 400 g/mol. The first-order valence-corrected chi connectivity index (χ1v) is 9.87. The molecule has 0 radical (unpaired) electrons. The maximum Gasteiger partial charge on any atom is 0.255 e. The van der Waals surface area contributed by atoms with Crippen molar-refractivity contribution in [1.82, 2.24) is 19.8 Å². The second-order valence-electron chi connectivity index (χ2n) is 7.69. The van der Waals surface area contributed by atoms with Crippen LogP contribution in [0.5, 0.6) is 0 Å². The quantitative estimate of drug-likeness (QED) is 0.685. The van der Waals surface area contributed by atoms with Gasteiger partial charge in [0, 0.05) is 36.7 Å². The van der Waals surface area contributed by atoms with Crippen LogP contribution in [0.1, 0.15) is 28.8 Å². The van der Waals surface area contributed by atoms with Crippen molar-refractivity contribution in [1.29, 1.82) is 0 Å². The molecule has 7 nitrogen and oxygen atoms in total. The number of aromatic nitrogens is 2. The molecule has 1 N–H and O–H groups in total. The van der Waals surface area contributed by atoms with Crippen molar-refractivity contribution in [2.24, 2.45) is 7.05 Å². The van der Waals surface area contributed by atoms with E-state index in [0.717, 1.165) is 28.1 Å². The summed E-state index contributed by atoms with van der Waals surface area (Å²) >= 11 is 0. The summed E-state index contributed by atoms with van der Waals surface area (Å²) in [6.07, 6.45) is 2.39. The van der Waals surface area contributed by atoms with E-state index in [2.05, 4.69) is 10.3 Å². The Morgan fingerprint density at radius 3 is 2.60 bits per heavy atom. The van der Waals surface area contributed by atoms with Gasteiger partial charge >= 0.3 is 0 Å². The summed E-state index contributed by atoms with van der Waals surface area (Å²) in [5, 5.41) is 2.33. The first-order chi connectivity index (χ1) is 14.5. The van der Waals surface area contributed by atoms with Gasteiger partial charge in [-0.25, -0.2) is 4.98 Å². The molecule has 1 saturated heterocycles. The Hall–Kier alpha value is -3.74. The van der Waals surface area contributed by atoms with E-state index in [1.807, 2.05) is 60.1 Å². The fourth-order valence-corrected chi connectivity index (χ4v) is 4.30. The molecule has 30 heavy (non-hydrogen) atoms. The zero-order valence-corrected chi connectivity index (χ0v) is 16.5. The Balaban J connectivity index is 1.49. The molecule has 3 aromatic rings. The topological polar surface area (TPSA) is 84.3 Å². The van der Waals surface area contributed by atoms with Crippen LogP contribution < -0.4 is 5.32 Å². The second kappa shape index (κ2) is 6.95. The molecule has 0 bridgehead atoms. The molecule has 1 atom stereocenters. The van der Waals surface area contributed by atoms with Gasteiger partial charge in [-0.05, 0) is 24.1 Å². The SMILES string of the molecule is Cn1cnc(-c2ccc3c(c2)CN([C@@H]2CCC(=O)NC2=O)C3=O)c1-c1ccccc1. The molecule has 2 aromatic carbocycles. The van der Waals surface area contributed by atoms with Gasteiger partial charge in [-0.2, -0.15) is 0 Å². The number of nitrogens with zero attached hydrogens (tertiary/aromatic N) is 3. The number of fused-ring (bicyclic) bond motifs is 1. The summed E-state index contributed by atoms with van der Waals surface area (Å²) in [7, 11) is 1.96. The number of amides is 3. The molecule has 0 aliphatic carbocycles. The number of imidazole rings is 1. The lowest BCUT2D eigenvalue weighted by atomic mass is 10.0. The predicted octanol–water partition coefficient (Wildman–Crippen LogP) is 2.52. The Morgan fingerprint density at radius 2 is 1.83 bits per heavy atom. The van der Waals surface area contributed by atoms with E-state index in [-0.39, 0.29) is 18.2 Å². The first kappa shape index (κ1) is 18.3. The molecule has 1 aromatic heterocycles. The van der Waals surface area contributed by atoms with Crippen LogP contribution in [-0.2, 0) is 23.2 Å². The van der Waals surface area contributed by atoms with Crippen LogP contribution in [0.3, 0.4) is 0 Å². The first-order valence-electron chi connectivity index (χ1n) is 9.87. The van der Waals surface area contributed by atoms with Crippen molar-refractivity contribution in [2.45, 2.75) is 25.4 Å². The molecule has 3 heterocycles. The highest BCUT2D eigenvalue weighted by Gasteiger charge is 2.39. The van der Waals surface area contributed by atoms with Crippen LogP contribution in [0, 0.1) is 0 Å². The van der Waals surface area contributed by atoms with Gasteiger partial charge in [0.15, 0.2) is 0 Å². The van der Waals surface area contributed by atoms with Gasteiger partial charge in [0.1, 0.15) is 6.04 Å². The summed E-state index contributed by atoms with van der Waals surface area (Å²) in [6, 6.07) is 15.1. The summed E-state index contributed by atoms with van der Waals surface area (Å²) in [5.74, 6) is -0.856. The van der Waals surface area contributed by atoms with Crippen LogP contribution in [0.4, 0.5) is 0 Å². The van der Waals surface area contributed by atoms with Crippen molar-refractivity contribution in [3.8, 4) is 22.5 Å². The fourth-order valence-electron chi connectivity index (χ4n) is 4.30. The lowest BCUT2D eigenvalue weighted by molar-refractivity contribution is -0.136. The van der Waals surface area contributed by atoms with E-state index >= 15 is 0 Å². The van der Waals surface area contributed by atoms with Gasteiger partial charge in [0.05, 0.1) is 17.7 Å². The van der Waals surface area contributed by atoms with Crippen LogP contribution in [0.25, 0.3) is 22.5 Å². The zero-order chi connectivity index (χ0) is 20.8. The van der Waals surface area contributed by atoms with Crippen LogP contribution in [0.15, 0.2) is 54.9 Å². The van der Waals surface area contributed by atoms with Crippen molar-refractivity contribution >= 4 is 17.7 Å². The van der Waals surface area contributed by atoms with Crippen LogP contribution >= 0.6 is 0 Å². The average Bonchev–Trinajstić information content (AvgIpc) is 3.28. The van der Waals surface area contributed by atoms with Crippen molar-refractivity contribution < 1.29 is 14.4 Å². The van der Waals surface area contributed by atoms with Gasteiger partial charge < -0.3 is 9.47 Å². The van der Waals surface area contributed by atoms with Gasteiger partial charge in [-0.3, -0.25) is 19.7 Å². The largest absolute Gasteiger partial charge is 0.333 e. The van der Waals surface area contributed by atoms with Crippen LogP contribution in [0.2, 0.25) is 0 Å². The van der Waals surface area contributed by atoms with Crippen LogP contribution in [-0.4, -0.2) is 38.2 Å². The number of carbonyl (C=O) groups excluding carboxylic acids is 3. The molecule has 2 aliphatic heterocycles. The smallest absolute Gasteiger partial charge is 0.255 e. The minimum absolute atomic E-state index is 0.171. The maximum atomic E-state index is 12.9. The molecule has 0 saturated carbocycles. The molecule has 150 valence electrons. The van der Waals surface area contributed by atoms with Gasteiger partial charge in [-0.1, -0.05) is 36.4 Å². The minimum Gasteiger partial charge on any atom is -0.333 e. The number of imide groups is 1. The summed E-state index contributed by atoms with van der Waals surface area (Å²) < 4.78 is 1.98.